The molecule has 0 aliphatic rings. The van der Waals surface area contributed by atoms with Gasteiger partial charge in [0.1, 0.15) is 5.40 Å². The molecule has 0 aromatic carbocycles. The van der Waals surface area contributed by atoms with Crippen molar-refractivity contribution in [2.45, 2.75) is 0 Å². The maximum atomic E-state index is 8.11. The molecule has 0 amide bonds. The number of hydrogen-bond acceptors (Lipinski definition) is 4. The molecular weight excluding hydrogens is 127 g/mol. The predicted octanol–water partition coefficient (Wildman–Crippen LogP) is -2.34. The summed E-state index contributed by atoms with van der Waals surface area (Å²) < 4.78 is 0. The van der Waals surface area contributed by atoms with Crippen LogP contribution in [0.3, 0.4) is 0 Å². The zero-order chi connectivity index (χ0) is 5.41. The molecule has 0 saturated heterocycles. The first-order valence-corrected chi connectivity index (χ1v) is 1.28. The van der Waals surface area contributed by atoms with Crippen molar-refractivity contribution in [2.24, 2.45) is 5.34 Å². The molecule has 6 heteroatoms. The summed E-state index contributed by atoms with van der Waals surface area (Å²) in [5.41, 5.74) is 0. The Bertz CT molecular complexity index is 65.5. The van der Waals surface area contributed by atoms with Crippen molar-refractivity contribution in [2.75, 3.05) is 0 Å². The van der Waals surface area contributed by atoms with Gasteiger partial charge in [-0.3, -0.25) is 0 Å². The summed E-state index contributed by atoms with van der Waals surface area (Å²) in [7, 11) is 0. The van der Waals surface area contributed by atoms with Crippen molar-refractivity contribution in [3.63, 3.8) is 0 Å². The maximum absolute atomic E-state index is 8.11. The van der Waals surface area contributed by atoms with Crippen LogP contribution in [0.25, 0.3) is 0 Å². The van der Waals surface area contributed by atoms with Crippen LogP contribution in [-0.4, -0.2) is 5.21 Å². The molecule has 0 aromatic heterocycles. The van der Waals surface area contributed by atoms with Gasteiger partial charge in [0, 0.05) is 0 Å². The zero-order valence-corrected chi connectivity index (χ0v) is 6.59. The first-order valence-electron chi connectivity index (χ1n) is 0.830. The van der Waals surface area contributed by atoms with Crippen LogP contribution in [0.1, 0.15) is 1.43 Å². The Morgan fingerprint density at radius 1 is 2.00 bits per heavy atom. The molecule has 0 aromatic rings. The topological polar surface area (TPSA) is 73.5 Å². The average Bonchev–Trinajstić information content (AvgIpc) is 1.39. The van der Waals surface area contributed by atoms with Crippen molar-refractivity contribution in [1.29, 1.82) is 5.26 Å². The molecule has 7 heavy (non-hydrogen) atoms. The summed E-state index contributed by atoms with van der Waals surface area (Å²) in [4.78, 5) is 8.11. The summed E-state index contributed by atoms with van der Waals surface area (Å²) in [5, 5.41) is 16.5. The van der Waals surface area contributed by atoms with Crippen LogP contribution in [0.5, 0.6) is 0 Å². The average molecular weight is 130 g/mol. The van der Waals surface area contributed by atoms with Crippen molar-refractivity contribution >= 4 is 12.6 Å². The van der Waals surface area contributed by atoms with Crippen LogP contribution < -0.4 is 29.6 Å². The summed E-state index contributed by atoms with van der Waals surface area (Å²) in [6.07, 6.45) is 0. The van der Waals surface area contributed by atoms with E-state index < -0.39 is 0 Å². The molecular formula is CH3N2NaO2S. The van der Waals surface area contributed by atoms with Crippen LogP contribution >= 0.6 is 12.6 Å². The molecule has 0 rings (SSSR count). The Hall–Kier alpha value is 0.240. The minimum atomic E-state index is 0. The van der Waals surface area contributed by atoms with E-state index in [1.165, 1.54) is 10.7 Å². The second-order valence-corrected chi connectivity index (χ2v) is 0.382. The van der Waals surface area contributed by atoms with Gasteiger partial charge in [0.05, 0.1) is 0 Å². The second-order valence-electron chi connectivity index (χ2n) is 0.182. The van der Waals surface area contributed by atoms with Crippen molar-refractivity contribution in [1.82, 2.24) is 0 Å². The van der Waals surface area contributed by atoms with Gasteiger partial charge in [0.15, 0.2) is 5.34 Å². The van der Waals surface area contributed by atoms with Gasteiger partial charge in [-0.1, -0.05) is 12.6 Å². The molecule has 0 spiro atoms. The largest absolute Gasteiger partial charge is 1.00 e. The van der Waals surface area contributed by atoms with Gasteiger partial charge in [0.2, 0.25) is 0 Å². The van der Waals surface area contributed by atoms with Gasteiger partial charge >= 0.3 is 29.6 Å². The molecule has 0 bridgehead atoms. The van der Waals surface area contributed by atoms with E-state index in [1.807, 2.05) is 0 Å². The fraction of sp³-hybridized carbons (Fsp3) is 0. The van der Waals surface area contributed by atoms with Crippen molar-refractivity contribution < 1.29 is 36.2 Å². The maximum Gasteiger partial charge on any atom is 1.00 e. The van der Waals surface area contributed by atoms with Crippen molar-refractivity contribution in [3.05, 3.63) is 4.91 Å². The SMILES string of the molecule is N#CS.O=NO.[H-].[Na+]. The third-order valence-electron chi connectivity index (χ3n) is 0. The summed E-state index contributed by atoms with van der Waals surface area (Å²) in [6.45, 7) is 0. The Kier molecular flexibility index (Phi) is 76.5. The quantitative estimate of drug-likeness (QED) is 0.127. The standard InChI is InChI=1S/CHNS.HNO2.Na.H/c2*2-1-3;;/h3H;(H,2,3);;/q;;+1;-1. The molecule has 0 aliphatic heterocycles. The Labute approximate surface area is 69.6 Å². The van der Waals surface area contributed by atoms with E-state index in [1.54, 1.807) is 0 Å². The van der Waals surface area contributed by atoms with E-state index in [-0.39, 0.29) is 31.0 Å². The van der Waals surface area contributed by atoms with Gasteiger partial charge in [-0.15, -0.1) is 4.91 Å². The third kappa shape index (κ3) is 1950. The smallest absolute Gasteiger partial charge is 1.00 e. The normalized spacial score (nSPS) is 2.86. The van der Waals surface area contributed by atoms with E-state index in [0.717, 1.165) is 0 Å². The van der Waals surface area contributed by atoms with E-state index in [2.05, 4.69) is 12.6 Å². The monoisotopic (exact) mass is 130 g/mol. The summed E-state index contributed by atoms with van der Waals surface area (Å²) >= 11 is 3.09. The van der Waals surface area contributed by atoms with E-state index in [4.69, 9.17) is 15.4 Å². The van der Waals surface area contributed by atoms with E-state index in [9.17, 15) is 0 Å². The number of nitrogens with zero attached hydrogens (tertiary/aromatic N) is 2. The van der Waals surface area contributed by atoms with Crippen LogP contribution in [0, 0.1) is 15.6 Å². The zero-order valence-electron chi connectivity index (χ0n) is 4.70. The number of thiocyanates is 1. The Morgan fingerprint density at radius 2 is 2.00 bits per heavy atom. The van der Waals surface area contributed by atoms with Crippen LogP contribution in [0.15, 0.2) is 5.34 Å². The molecule has 0 atom stereocenters. The number of rotatable bonds is 0. The number of nitriles is 1. The van der Waals surface area contributed by atoms with Gasteiger partial charge < -0.3 is 6.63 Å². The number of thiol groups is 1. The van der Waals surface area contributed by atoms with Gasteiger partial charge in [-0.2, -0.15) is 5.26 Å². The van der Waals surface area contributed by atoms with Crippen LogP contribution in [0.4, 0.5) is 0 Å². The van der Waals surface area contributed by atoms with Gasteiger partial charge in [-0.25, -0.2) is 0 Å². The molecule has 36 valence electrons. The predicted molar refractivity (Wildman–Crippen MR) is 23.3 cm³/mol. The molecule has 4 nitrogen and oxygen atoms in total. The molecule has 0 unspecified atom stereocenters. The molecule has 1 N–H and O–H groups in total. The molecule has 0 heterocycles. The minimum absolute atomic E-state index is 0. The Balaban J connectivity index is -0.0000000160. The summed E-state index contributed by atoms with van der Waals surface area (Å²) in [5.74, 6) is 0. The minimum Gasteiger partial charge on any atom is -1.00 e. The fourth-order valence-electron chi connectivity index (χ4n) is 0. The van der Waals surface area contributed by atoms with Crippen molar-refractivity contribution in [3.8, 4) is 5.40 Å². The van der Waals surface area contributed by atoms with Crippen LogP contribution in [0.2, 0.25) is 0 Å². The third-order valence-corrected chi connectivity index (χ3v) is 0. The second kappa shape index (κ2) is 34.1. The molecule has 0 saturated carbocycles. The van der Waals surface area contributed by atoms with Crippen LogP contribution in [-0.2, 0) is 0 Å². The van der Waals surface area contributed by atoms with Gasteiger partial charge in [0.25, 0.3) is 0 Å². The number of hydrogen-bond donors (Lipinski definition) is 2. The Morgan fingerprint density at radius 3 is 2.00 bits per heavy atom. The first-order chi connectivity index (χ1) is 2.83. The molecule has 0 radical (unpaired) electrons. The summed E-state index contributed by atoms with van der Waals surface area (Å²) in [6, 6.07) is 0. The first kappa shape index (κ1) is 15.7. The van der Waals surface area contributed by atoms with E-state index >= 15 is 0 Å². The van der Waals surface area contributed by atoms with E-state index in [0.29, 0.717) is 0 Å². The molecule has 0 aliphatic carbocycles. The molecule has 0 fully saturated rings. The fourth-order valence-corrected chi connectivity index (χ4v) is 0. The van der Waals surface area contributed by atoms with Gasteiger partial charge in [-0.05, 0) is 0 Å².